The lowest BCUT2D eigenvalue weighted by atomic mass is 10.3. The van der Waals surface area contributed by atoms with E-state index in [2.05, 4.69) is 34.4 Å². The van der Waals surface area contributed by atoms with Crippen LogP contribution in [0.2, 0.25) is 5.02 Å². The van der Waals surface area contributed by atoms with E-state index in [1.165, 1.54) is 0 Å². The number of rotatable bonds is 7. The lowest BCUT2D eigenvalue weighted by molar-refractivity contribution is 0.372. The van der Waals surface area contributed by atoms with Crippen molar-refractivity contribution in [3.05, 3.63) is 28.1 Å². The van der Waals surface area contributed by atoms with Gasteiger partial charge in [-0.2, -0.15) is 10.1 Å². The molecular formula is C13H20ClN5O. The minimum Gasteiger partial charge on any atom is -0.339 e. The van der Waals surface area contributed by atoms with Crippen LogP contribution < -0.4 is 5.32 Å². The molecule has 0 saturated carbocycles. The second kappa shape index (κ2) is 6.85. The Kier molecular flexibility index (Phi) is 5.14. The van der Waals surface area contributed by atoms with Gasteiger partial charge < -0.3 is 9.84 Å². The molecule has 6 nitrogen and oxygen atoms in total. The molecule has 1 N–H and O–H groups in total. The molecule has 2 aromatic heterocycles. The normalized spacial score (nSPS) is 11.2. The molecule has 0 spiro atoms. The number of nitrogens with zero attached hydrogens (tertiary/aromatic N) is 4. The molecule has 2 aromatic rings. The number of aromatic nitrogens is 4. The molecule has 20 heavy (non-hydrogen) atoms. The SMILES string of the molecule is CCc1nn(CC)c(CNCCc2nc(C)no2)c1Cl. The molecular weight excluding hydrogens is 278 g/mol. The maximum Gasteiger partial charge on any atom is 0.227 e. The number of aryl methyl sites for hydroxylation is 3. The molecule has 0 radical (unpaired) electrons. The van der Waals surface area contributed by atoms with Crippen molar-refractivity contribution >= 4 is 11.6 Å². The summed E-state index contributed by atoms with van der Waals surface area (Å²) in [6.07, 6.45) is 1.56. The molecule has 0 aliphatic carbocycles. The van der Waals surface area contributed by atoms with Gasteiger partial charge in [0.05, 0.1) is 16.4 Å². The van der Waals surface area contributed by atoms with Crippen LogP contribution in [0.3, 0.4) is 0 Å². The first-order valence-electron chi connectivity index (χ1n) is 6.89. The molecule has 0 aliphatic rings. The second-order valence-corrected chi connectivity index (χ2v) is 4.92. The van der Waals surface area contributed by atoms with Crippen LogP contribution in [0.5, 0.6) is 0 Å². The Labute approximate surface area is 123 Å². The predicted octanol–water partition coefficient (Wildman–Crippen LogP) is 2.14. The smallest absolute Gasteiger partial charge is 0.227 e. The summed E-state index contributed by atoms with van der Waals surface area (Å²) in [7, 11) is 0. The van der Waals surface area contributed by atoms with Crippen molar-refractivity contribution in [2.24, 2.45) is 0 Å². The van der Waals surface area contributed by atoms with Gasteiger partial charge in [-0.1, -0.05) is 23.7 Å². The van der Waals surface area contributed by atoms with Crippen LogP contribution >= 0.6 is 11.6 Å². The maximum absolute atomic E-state index is 6.34. The summed E-state index contributed by atoms with van der Waals surface area (Å²) in [6.45, 7) is 8.20. The van der Waals surface area contributed by atoms with Gasteiger partial charge >= 0.3 is 0 Å². The van der Waals surface area contributed by atoms with Crippen LogP contribution in [0.4, 0.5) is 0 Å². The largest absolute Gasteiger partial charge is 0.339 e. The Hall–Kier alpha value is -1.40. The average molecular weight is 298 g/mol. The Bertz CT molecular complexity index is 563. The molecule has 110 valence electrons. The van der Waals surface area contributed by atoms with E-state index in [4.69, 9.17) is 16.1 Å². The Morgan fingerprint density at radius 3 is 2.75 bits per heavy atom. The van der Waals surface area contributed by atoms with Crippen molar-refractivity contribution in [3.8, 4) is 0 Å². The van der Waals surface area contributed by atoms with Crippen molar-refractivity contribution in [2.45, 2.75) is 46.7 Å². The summed E-state index contributed by atoms with van der Waals surface area (Å²) in [5.74, 6) is 1.32. The van der Waals surface area contributed by atoms with Crippen LogP contribution in [-0.4, -0.2) is 26.5 Å². The topological polar surface area (TPSA) is 68.8 Å². The van der Waals surface area contributed by atoms with Crippen molar-refractivity contribution < 1.29 is 4.52 Å². The Morgan fingerprint density at radius 2 is 2.15 bits per heavy atom. The van der Waals surface area contributed by atoms with Crippen molar-refractivity contribution in [2.75, 3.05) is 6.54 Å². The summed E-state index contributed by atoms with van der Waals surface area (Å²) in [4.78, 5) is 4.16. The number of halogens is 1. The molecule has 2 rings (SSSR count). The average Bonchev–Trinajstić information content (AvgIpc) is 2.99. The highest BCUT2D eigenvalue weighted by molar-refractivity contribution is 6.31. The maximum atomic E-state index is 6.34. The van der Waals surface area contributed by atoms with E-state index in [0.717, 1.165) is 35.9 Å². The highest BCUT2D eigenvalue weighted by Crippen LogP contribution is 2.21. The molecule has 7 heteroatoms. The van der Waals surface area contributed by atoms with E-state index in [0.29, 0.717) is 24.7 Å². The van der Waals surface area contributed by atoms with Crippen LogP contribution in [0.1, 0.15) is 37.0 Å². The van der Waals surface area contributed by atoms with E-state index in [1.807, 2.05) is 11.6 Å². The highest BCUT2D eigenvalue weighted by atomic mass is 35.5. The van der Waals surface area contributed by atoms with E-state index >= 15 is 0 Å². The Morgan fingerprint density at radius 1 is 1.35 bits per heavy atom. The van der Waals surface area contributed by atoms with Gasteiger partial charge in [-0.25, -0.2) is 0 Å². The molecule has 0 unspecified atom stereocenters. The fourth-order valence-electron chi connectivity index (χ4n) is 2.03. The summed E-state index contributed by atoms with van der Waals surface area (Å²) in [5.41, 5.74) is 1.99. The van der Waals surface area contributed by atoms with E-state index in [1.54, 1.807) is 0 Å². The summed E-state index contributed by atoms with van der Waals surface area (Å²) in [6, 6.07) is 0. The van der Waals surface area contributed by atoms with Crippen LogP contribution in [0, 0.1) is 6.92 Å². The monoisotopic (exact) mass is 297 g/mol. The van der Waals surface area contributed by atoms with E-state index < -0.39 is 0 Å². The van der Waals surface area contributed by atoms with Gasteiger partial charge in [0, 0.05) is 26.1 Å². The third-order valence-corrected chi connectivity index (χ3v) is 3.51. The fraction of sp³-hybridized carbons (Fsp3) is 0.615. The summed E-state index contributed by atoms with van der Waals surface area (Å²) >= 11 is 6.34. The van der Waals surface area contributed by atoms with Gasteiger partial charge in [0.1, 0.15) is 0 Å². The minimum absolute atomic E-state index is 0.652. The van der Waals surface area contributed by atoms with Gasteiger partial charge in [0.15, 0.2) is 5.82 Å². The van der Waals surface area contributed by atoms with E-state index in [-0.39, 0.29) is 0 Å². The zero-order valence-corrected chi connectivity index (χ0v) is 12.9. The van der Waals surface area contributed by atoms with Gasteiger partial charge in [-0.3, -0.25) is 4.68 Å². The first-order valence-corrected chi connectivity index (χ1v) is 7.27. The van der Waals surface area contributed by atoms with Gasteiger partial charge in [0.25, 0.3) is 0 Å². The van der Waals surface area contributed by atoms with Crippen LogP contribution in [0.25, 0.3) is 0 Å². The first-order chi connectivity index (χ1) is 9.65. The highest BCUT2D eigenvalue weighted by Gasteiger charge is 2.13. The van der Waals surface area contributed by atoms with Gasteiger partial charge in [-0.15, -0.1) is 0 Å². The van der Waals surface area contributed by atoms with Crippen molar-refractivity contribution in [1.29, 1.82) is 0 Å². The first kappa shape index (κ1) is 15.0. The molecule has 0 atom stereocenters. The van der Waals surface area contributed by atoms with Crippen molar-refractivity contribution in [3.63, 3.8) is 0 Å². The van der Waals surface area contributed by atoms with Crippen molar-refractivity contribution in [1.82, 2.24) is 25.2 Å². The van der Waals surface area contributed by atoms with E-state index in [9.17, 15) is 0 Å². The molecule has 0 saturated heterocycles. The zero-order chi connectivity index (χ0) is 14.5. The summed E-state index contributed by atoms with van der Waals surface area (Å²) in [5, 5.41) is 12.4. The van der Waals surface area contributed by atoms with Crippen LogP contribution in [0.15, 0.2) is 4.52 Å². The lowest BCUT2D eigenvalue weighted by Crippen LogP contribution is -2.19. The Balaban J connectivity index is 1.89. The third kappa shape index (κ3) is 3.37. The molecule has 0 fully saturated rings. The third-order valence-electron chi connectivity index (χ3n) is 3.07. The molecule has 2 heterocycles. The molecule has 0 aliphatic heterocycles. The number of hydrogen-bond acceptors (Lipinski definition) is 5. The standard InChI is InChI=1S/C13H20ClN5O/c1-4-10-13(14)11(19(5-2)17-10)8-15-7-6-12-16-9(3)18-20-12/h15H,4-8H2,1-3H3. The molecule has 0 amide bonds. The summed E-state index contributed by atoms with van der Waals surface area (Å²) < 4.78 is 7.01. The van der Waals surface area contributed by atoms with Gasteiger partial charge in [-0.05, 0) is 20.3 Å². The quantitative estimate of drug-likeness (QED) is 0.793. The fourth-order valence-corrected chi connectivity index (χ4v) is 2.37. The second-order valence-electron chi connectivity index (χ2n) is 4.54. The number of nitrogens with one attached hydrogen (secondary N) is 1. The number of hydrogen-bond donors (Lipinski definition) is 1. The lowest BCUT2D eigenvalue weighted by Gasteiger charge is -2.06. The predicted molar refractivity (Wildman–Crippen MR) is 76.7 cm³/mol. The van der Waals surface area contributed by atoms with Crippen LogP contribution in [-0.2, 0) is 25.9 Å². The minimum atomic E-state index is 0.652. The molecule has 0 aromatic carbocycles. The zero-order valence-electron chi connectivity index (χ0n) is 12.1. The molecule has 0 bridgehead atoms. The van der Waals surface area contributed by atoms with Gasteiger partial charge in [0.2, 0.25) is 5.89 Å².